The first-order valence-corrected chi connectivity index (χ1v) is 5.85. The van der Waals surface area contributed by atoms with Crippen LogP contribution in [0.15, 0.2) is 18.2 Å². The highest BCUT2D eigenvalue weighted by Gasteiger charge is 2.11. The highest BCUT2D eigenvalue weighted by atomic mass is 16.1. The molecule has 0 radical (unpaired) electrons. The minimum atomic E-state index is -0.00663. The van der Waals surface area contributed by atoms with Crippen molar-refractivity contribution in [1.29, 1.82) is 0 Å². The number of hydrogen-bond donors (Lipinski definition) is 2. The molecule has 18 heavy (non-hydrogen) atoms. The van der Waals surface area contributed by atoms with Gasteiger partial charge >= 0.3 is 0 Å². The molecule has 2 aromatic rings. The lowest BCUT2D eigenvalue weighted by Crippen LogP contribution is -2.11. The Balaban J connectivity index is 2.32. The average Bonchev–Trinajstić information content (AvgIpc) is 2.83. The summed E-state index contributed by atoms with van der Waals surface area (Å²) in [5.41, 5.74) is 2.54. The van der Waals surface area contributed by atoms with Crippen molar-refractivity contribution >= 4 is 11.6 Å². The van der Waals surface area contributed by atoms with Gasteiger partial charge in [-0.15, -0.1) is 10.2 Å². The lowest BCUT2D eigenvalue weighted by molar-refractivity contribution is -0.116. The Morgan fingerprint density at radius 3 is 2.94 bits per heavy atom. The van der Waals surface area contributed by atoms with Crippen LogP contribution in [0, 0.1) is 6.92 Å². The second-order valence-corrected chi connectivity index (χ2v) is 4.08. The molecule has 0 aliphatic heterocycles. The Bertz CT molecular complexity index is 535. The summed E-state index contributed by atoms with van der Waals surface area (Å²) in [5.74, 6) is 0.467. The zero-order valence-corrected chi connectivity index (χ0v) is 10.4. The van der Waals surface area contributed by atoms with Crippen LogP contribution in [0.3, 0.4) is 0 Å². The molecule has 6 heteroatoms. The molecule has 0 aliphatic carbocycles. The molecule has 1 aromatic carbocycles. The van der Waals surface area contributed by atoms with Crippen LogP contribution < -0.4 is 5.32 Å². The molecule has 1 heterocycles. The van der Waals surface area contributed by atoms with E-state index in [1.807, 2.05) is 32.0 Å². The molecule has 0 atom stereocenters. The van der Waals surface area contributed by atoms with Gasteiger partial charge in [0.1, 0.15) is 0 Å². The lowest BCUT2D eigenvalue weighted by Gasteiger charge is -2.09. The number of carbonyl (C=O) groups is 1. The van der Waals surface area contributed by atoms with Crippen LogP contribution in [0.1, 0.15) is 25.3 Å². The van der Waals surface area contributed by atoms with Crippen molar-refractivity contribution in [3.05, 3.63) is 23.8 Å². The first-order chi connectivity index (χ1) is 8.70. The normalized spacial score (nSPS) is 10.3. The number of anilines is 1. The molecule has 0 bridgehead atoms. The second kappa shape index (κ2) is 5.39. The van der Waals surface area contributed by atoms with Gasteiger partial charge in [0.05, 0.1) is 5.69 Å². The molecule has 6 nitrogen and oxygen atoms in total. The lowest BCUT2D eigenvalue weighted by atomic mass is 10.1. The van der Waals surface area contributed by atoms with Crippen LogP contribution in [0.4, 0.5) is 5.69 Å². The van der Waals surface area contributed by atoms with Crippen LogP contribution in [0.5, 0.6) is 0 Å². The van der Waals surface area contributed by atoms with Gasteiger partial charge in [-0.05, 0) is 36.3 Å². The monoisotopic (exact) mass is 245 g/mol. The number of nitrogens with zero attached hydrogens (tertiary/aromatic N) is 3. The number of aromatic amines is 1. The van der Waals surface area contributed by atoms with Crippen molar-refractivity contribution in [1.82, 2.24) is 20.6 Å². The maximum absolute atomic E-state index is 11.7. The molecule has 94 valence electrons. The molecule has 0 unspecified atom stereocenters. The number of hydrogen-bond acceptors (Lipinski definition) is 4. The van der Waals surface area contributed by atoms with E-state index in [1.54, 1.807) is 0 Å². The van der Waals surface area contributed by atoms with Gasteiger partial charge in [-0.1, -0.05) is 13.0 Å². The van der Waals surface area contributed by atoms with Gasteiger partial charge < -0.3 is 5.32 Å². The Kier molecular flexibility index (Phi) is 3.66. The Morgan fingerprint density at radius 1 is 1.44 bits per heavy atom. The molecule has 0 spiro atoms. The first-order valence-electron chi connectivity index (χ1n) is 5.85. The molecule has 2 N–H and O–H groups in total. The van der Waals surface area contributed by atoms with Crippen molar-refractivity contribution < 1.29 is 4.79 Å². The summed E-state index contributed by atoms with van der Waals surface area (Å²) in [6.45, 7) is 3.94. The maximum atomic E-state index is 11.7. The number of rotatable bonds is 4. The van der Waals surface area contributed by atoms with Crippen LogP contribution in [-0.4, -0.2) is 26.5 Å². The third-order valence-corrected chi connectivity index (χ3v) is 2.51. The van der Waals surface area contributed by atoms with Gasteiger partial charge in [0.15, 0.2) is 0 Å². The minimum absolute atomic E-state index is 0.00663. The third-order valence-electron chi connectivity index (χ3n) is 2.51. The molecule has 0 saturated carbocycles. The van der Waals surface area contributed by atoms with E-state index in [0.29, 0.717) is 12.2 Å². The highest BCUT2D eigenvalue weighted by molar-refractivity contribution is 5.94. The van der Waals surface area contributed by atoms with Crippen molar-refractivity contribution in [2.24, 2.45) is 0 Å². The summed E-state index contributed by atoms with van der Waals surface area (Å²) >= 11 is 0. The minimum Gasteiger partial charge on any atom is -0.325 e. The van der Waals surface area contributed by atoms with E-state index in [2.05, 4.69) is 25.9 Å². The number of aromatic nitrogens is 4. The van der Waals surface area contributed by atoms with E-state index < -0.39 is 0 Å². The van der Waals surface area contributed by atoms with Crippen molar-refractivity contribution in [3.63, 3.8) is 0 Å². The van der Waals surface area contributed by atoms with E-state index in [1.165, 1.54) is 0 Å². The van der Waals surface area contributed by atoms with E-state index in [0.717, 1.165) is 23.2 Å². The summed E-state index contributed by atoms with van der Waals surface area (Å²) in [7, 11) is 0. The molecule has 0 aliphatic rings. The fourth-order valence-electron chi connectivity index (χ4n) is 1.67. The average molecular weight is 245 g/mol. The van der Waals surface area contributed by atoms with E-state index in [-0.39, 0.29) is 5.91 Å². The Labute approximate surface area is 105 Å². The molecule has 0 fully saturated rings. The summed E-state index contributed by atoms with van der Waals surface area (Å²) in [6.07, 6.45) is 1.31. The number of nitrogens with one attached hydrogen (secondary N) is 2. The van der Waals surface area contributed by atoms with Crippen LogP contribution in [0.2, 0.25) is 0 Å². The summed E-state index contributed by atoms with van der Waals surface area (Å²) in [4.78, 5) is 11.7. The fourth-order valence-corrected chi connectivity index (χ4v) is 1.67. The Hall–Kier alpha value is -2.24. The summed E-state index contributed by atoms with van der Waals surface area (Å²) in [6, 6.07) is 5.72. The second-order valence-electron chi connectivity index (χ2n) is 4.08. The standard InChI is InChI=1S/C12H15N5O/c1-3-4-11(18)13-10-7-8(2)5-6-9(10)12-14-16-17-15-12/h5-7H,3-4H2,1-2H3,(H,13,18)(H,14,15,16,17). The van der Waals surface area contributed by atoms with Crippen molar-refractivity contribution in [2.75, 3.05) is 5.32 Å². The van der Waals surface area contributed by atoms with Gasteiger partial charge in [-0.2, -0.15) is 5.21 Å². The SMILES string of the molecule is CCCC(=O)Nc1cc(C)ccc1-c1nn[nH]n1. The number of H-pyrrole nitrogens is 1. The predicted molar refractivity (Wildman–Crippen MR) is 67.9 cm³/mol. The van der Waals surface area contributed by atoms with E-state index in [4.69, 9.17) is 0 Å². The van der Waals surface area contributed by atoms with E-state index >= 15 is 0 Å². The molecular formula is C12H15N5O. The molecular weight excluding hydrogens is 230 g/mol. The zero-order chi connectivity index (χ0) is 13.0. The number of carbonyl (C=O) groups excluding carboxylic acids is 1. The van der Waals surface area contributed by atoms with E-state index in [9.17, 15) is 4.79 Å². The number of benzene rings is 1. The predicted octanol–water partition coefficient (Wildman–Crippen LogP) is 1.91. The molecule has 1 aromatic heterocycles. The largest absolute Gasteiger partial charge is 0.325 e. The molecule has 1 amide bonds. The summed E-state index contributed by atoms with van der Waals surface area (Å²) < 4.78 is 0. The first kappa shape index (κ1) is 12.2. The maximum Gasteiger partial charge on any atom is 0.224 e. The van der Waals surface area contributed by atoms with Crippen molar-refractivity contribution in [3.8, 4) is 11.4 Å². The smallest absolute Gasteiger partial charge is 0.224 e. The Morgan fingerprint density at radius 2 is 2.28 bits per heavy atom. The third kappa shape index (κ3) is 2.71. The van der Waals surface area contributed by atoms with Gasteiger partial charge in [0.2, 0.25) is 11.7 Å². The molecule has 2 rings (SSSR count). The van der Waals surface area contributed by atoms with Crippen LogP contribution in [-0.2, 0) is 4.79 Å². The highest BCUT2D eigenvalue weighted by Crippen LogP contribution is 2.25. The van der Waals surface area contributed by atoms with Gasteiger partial charge in [0, 0.05) is 12.0 Å². The van der Waals surface area contributed by atoms with Gasteiger partial charge in [-0.25, -0.2) is 0 Å². The number of amides is 1. The number of tetrazole rings is 1. The quantitative estimate of drug-likeness (QED) is 0.861. The topological polar surface area (TPSA) is 83.6 Å². The molecule has 0 saturated heterocycles. The van der Waals surface area contributed by atoms with Gasteiger partial charge in [0.25, 0.3) is 0 Å². The fraction of sp³-hybridized carbons (Fsp3) is 0.333. The van der Waals surface area contributed by atoms with Crippen LogP contribution >= 0.6 is 0 Å². The number of aryl methyl sites for hydroxylation is 1. The van der Waals surface area contributed by atoms with Crippen LogP contribution in [0.25, 0.3) is 11.4 Å². The van der Waals surface area contributed by atoms with Gasteiger partial charge in [-0.3, -0.25) is 4.79 Å². The summed E-state index contributed by atoms with van der Waals surface area (Å²) in [5, 5.41) is 16.7. The van der Waals surface area contributed by atoms with Crippen molar-refractivity contribution in [2.45, 2.75) is 26.7 Å². The zero-order valence-electron chi connectivity index (χ0n) is 10.4.